The second kappa shape index (κ2) is 5.04. The molecule has 0 unspecified atom stereocenters. The smallest absolute Gasteiger partial charge is 0.160 e. The van der Waals surface area contributed by atoms with Crippen molar-refractivity contribution in [2.24, 2.45) is 0 Å². The Balaban J connectivity index is 3.80. The molecule has 0 aromatic rings. The molecule has 0 rings (SSSR count). The molecule has 0 bridgehead atoms. The lowest BCUT2D eigenvalue weighted by Crippen LogP contribution is -1.77. The van der Waals surface area contributed by atoms with Crippen molar-refractivity contribution in [2.75, 3.05) is 0 Å². The van der Waals surface area contributed by atoms with E-state index in [-0.39, 0.29) is 5.57 Å². The van der Waals surface area contributed by atoms with Gasteiger partial charge in [0, 0.05) is 0 Å². The summed E-state index contributed by atoms with van der Waals surface area (Å²) < 4.78 is 0. The number of nitrogens with zero attached hydrogens (tertiary/aromatic N) is 1. The minimum atomic E-state index is 0.233. The molecule has 0 radical (unpaired) electrons. The molecule has 0 fully saturated rings. The van der Waals surface area contributed by atoms with Gasteiger partial charge in [-0.3, -0.25) is 4.79 Å². The number of unbranched alkanes of at least 4 members (excludes halogenated alkanes) is 1. The SMILES string of the molecule is CCC/C=C(/C#N)C=O. The van der Waals surface area contributed by atoms with Crippen molar-refractivity contribution >= 4 is 6.29 Å². The lowest BCUT2D eigenvalue weighted by atomic mass is 10.2. The van der Waals surface area contributed by atoms with Crippen molar-refractivity contribution in [1.29, 1.82) is 5.26 Å². The lowest BCUT2D eigenvalue weighted by Gasteiger charge is -1.82. The molecular weight excluding hydrogens is 114 g/mol. The number of carbonyl (C=O) groups is 1. The van der Waals surface area contributed by atoms with Gasteiger partial charge in [0.25, 0.3) is 0 Å². The van der Waals surface area contributed by atoms with Gasteiger partial charge in [0.1, 0.15) is 6.07 Å². The van der Waals surface area contributed by atoms with E-state index < -0.39 is 0 Å². The van der Waals surface area contributed by atoms with E-state index in [4.69, 9.17) is 5.26 Å². The zero-order valence-electron chi connectivity index (χ0n) is 5.42. The third kappa shape index (κ3) is 3.48. The van der Waals surface area contributed by atoms with Crippen LogP contribution in [-0.2, 0) is 4.79 Å². The monoisotopic (exact) mass is 123 g/mol. The summed E-state index contributed by atoms with van der Waals surface area (Å²) in [4.78, 5) is 9.95. The maximum absolute atomic E-state index is 9.95. The molecule has 0 heterocycles. The molecule has 2 heteroatoms. The first-order valence-corrected chi connectivity index (χ1v) is 2.90. The second-order valence-corrected chi connectivity index (χ2v) is 1.68. The Morgan fingerprint density at radius 2 is 2.44 bits per heavy atom. The van der Waals surface area contributed by atoms with Crippen molar-refractivity contribution in [3.8, 4) is 6.07 Å². The van der Waals surface area contributed by atoms with E-state index in [0.29, 0.717) is 6.29 Å². The Morgan fingerprint density at radius 3 is 2.78 bits per heavy atom. The normalized spacial score (nSPS) is 10.4. The average Bonchev–Trinajstić information content (AvgIpc) is 1.91. The van der Waals surface area contributed by atoms with Gasteiger partial charge in [0.05, 0.1) is 5.57 Å². The van der Waals surface area contributed by atoms with Crippen LogP contribution in [0.4, 0.5) is 0 Å². The molecule has 0 aromatic carbocycles. The van der Waals surface area contributed by atoms with Gasteiger partial charge in [-0.1, -0.05) is 19.4 Å². The summed E-state index contributed by atoms with van der Waals surface area (Å²) in [6, 6.07) is 1.78. The van der Waals surface area contributed by atoms with Crippen LogP contribution >= 0.6 is 0 Å². The van der Waals surface area contributed by atoms with Gasteiger partial charge < -0.3 is 0 Å². The molecule has 0 saturated heterocycles. The summed E-state index contributed by atoms with van der Waals surface area (Å²) in [5, 5.41) is 8.20. The minimum absolute atomic E-state index is 0.233. The third-order valence-corrected chi connectivity index (χ3v) is 0.909. The van der Waals surface area contributed by atoms with Crippen LogP contribution in [0.1, 0.15) is 19.8 Å². The summed E-state index contributed by atoms with van der Waals surface area (Å²) in [6.45, 7) is 2.00. The fourth-order valence-corrected chi connectivity index (χ4v) is 0.420. The van der Waals surface area contributed by atoms with Crippen LogP contribution in [0.15, 0.2) is 11.6 Å². The van der Waals surface area contributed by atoms with E-state index in [0.717, 1.165) is 12.8 Å². The maximum Gasteiger partial charge on any atom is 0.160 e. The van der Waals surface area contributed by atoms with Crippen LogP contribution in [0, 0.1) is 11.3 Å². The Morgan fingerprint density at radius 1 is 1.78 bits per heavy atom. The van der Waals surface area contributed by atoms with E-state index in [2.05, 4.69) is 0 Å². The fraction of sp³-hybridized carbons (Fsp3) is 0.429. The summed E-state index contributed by atoms with van der Waals surface area (Å²) in [7, 11) is 0. The highest BCUT2D eigenvalue weighted by atomic mass is 16.1. The fourth-order valence-electron chi connectivity index (χ4n) is 0.420. The zero-order chi connectivity index (χ0) is 7.11. The molecule has 0 aliphatic rings. The van der Waals surface area contributed by atoms with Crippen LogP contribution in [-0.4, -0.2) is 6.29 Å². The molecule has 0 aliphatic carbocycles. The second-order valence-electron chi connectivity index (χ2n) is 1.68. The van der Waals surface area contributed by atoms with E-state index in [1.807, 2.05) is 6.92 Å². The molecule has 48 valence electrons. The predicted octanol–water partition coefficient (Wildman–Crippen LogP) is 1.44. The van der Waals surface area contributed by atoms with Gasteiger partial charge in [-0.15, -0.1) is 0 Å². The topological polar surface area (TPSA) is 40.9 Å². The highest BCUT2D eigenvalue weighted by Gasteiger charge is 1.86. The first-order chi connectivity index (χ1) is 4.35. The Bertz CT molecular complexity index is 153. The number of hydrogen-bond donors (Lipinski definition) is 0. The van der Waals surface area contributed by atoms with E-state index in [1.54, 1.807) is 12.1 Å². The first kappa shape index (κ1) is 7.90. The maximum atomic E-state index is 9.95. The molecule has 9 heavy (non-hydrogen) atoms. The molecule has 0 aromatic heterocycles. The Labute approximate surface area is 54.8 Å². The highest BCUT2D eigenvalue weighted by Crippen LogP contribution is 1.93. The molecule has 0 aliphatic heterocycles. The van der Waals surface area contributed by atoms with Crippen LogP contribution < -0.4 is 0 Å². The molecule has 0 saturated carbocycles. The van der Waals surface area contributed by atoms with Gasteiger partial charge in [0.2, 0.25) is 0 Å². The molecule has 0 atom stereocenters. The largest absolute Gasteiger partial charge is 0.297 e. The van der Waals surface area contributed by atoms with Crippen LogP contribution in [0.5, 0.6) is 0 Å². The molecule has 0 N–H and O–H groups in total. The van der Waals surface area contributed by atoms with Gasteiger partial charge in [-0.2, -0.15) is 5.26 Å². The van der Waals surface area contributed by atoms with E-state index >= 15 is 0 Å². The standard InChI is InChI=1S/C7H9NO/c1-2-3-4-7(5-8)6-9/h4,6H,2-3H2,1H3/b7-4-. The number of hydrogen-bond acceptors (Lipinski definition) is 2. The number of nitriles is 1. The van der Waals surface area contributed by atoms with Gasteiger partial charge in [0.15, 0.2) is 6.29 Å². The van der Waals surface area contributed by atoms with Crippen molar-refractivity contribution in [2.45, 2.75) is 19.8 Å². The highest BCUT2D eigenvalue weighted by molar-refractivity contribution is 5.78. The first-order valence-electron chi connectivity index (χ1n) is 2.90. The van der Waals surface area contributed by atoms with E-state index in [1.165, 1.54) is 0 Å². The number of aldehydes is 1. The summed E-state index contributed by atoms with van der Waals surface area (Å²) in [5.41, 5.74) is 0.233. The predicted molar refractivity (Wildman–Crippen MR) is 34.7 cm³/mol. The Hall–Kier alpha value is -1.10. The van der Waals surface area contributed by atoms with Crippen molar-refractivity contribution in [3.05, 3.63) is 11.6 Å². The number of rotatable bonds is 3. The molecular formula is C7H9NO. The summed E-state index contributed by atoms with van der Waals surface area (Å²) in [6.07, 6.45) is 4.00. The molecule has 0 spiro atoms. The summed E-state index contributed by atoms with van der Waals surface area (Å²) >= 11 is 0. The molecule has 2 nitrogen and oxygen atoms in total. The Kier molecular flexibility index (Phi) is 4.43. The number of carbonyl (C=O) groups excluding carboxylic acids is 1. The van der Waals surface area contributed by atoms with Crippen molar-refractivity contribution in [3.63, 3.8) is 0 Å². The van der Waals surface area contributed by atoms with Crippen molar-refractivity contribution in [1.82, 2.24) is 0 Å². The lowest BCUT2D eigenvalue weighted by molar-refractivity contribution is -0.104. The van der Waals surface area contributed by atoms with Crippen molar-refractivity contribution < 1.29 is 4.79 Å². The quantitative estimate of drug-likeness (QED) is 0.323. The van der Waals surface area contributed by atoms with Crippen LogP contribution in [0.2, 0.25) is 0 Å². The number of allylic oxidation sites excluding steroid dienone is 2. The minimum Gasteiger partial charge on any atom is -0.297 e. The van der Waals surface area contributed by atoms with Crippen LogP contribution in [0.25, 0.3) is 0 Å². The zero-order valence-corrected chi connectivity index (χ0v) is 5.42. The van der Waals surface area contributed by atoms with E-state index in [9.17, 15) is 4.79 Å². The summed E-state index contributed by atoms with van der Waals surface area (Å²) in [5.74, 6) is 0. The van der Waals surface area contributed by atoms with Gasteiger partial charge in [-0.05, 0) is 6.42 Å². The van der Waals surface area contributed by atoms with Gasteiger partial charge >= 0.3 is 0 Å². The van der Waals surface area contributed by atoms with Crippen LogP contribution in [0.3, 0.4) is 0 Å². The average molecular weight is 123 g/mol. The van der Waals surface area contributed by atoms with Gasteiger partial charge in [-0.25, -0.2) is 0 Å². The molecule has 0 amide bonds. The third-order valence-electron chi connectivity index (χ3n) is 0.909.